The van der Waals surface area contributed by atoms with Gasteiger partial charge in [-0.25, -0.2) is 0 Å². The van der Waals surface area contributed by atoms with Gasteiger partial charge in [-0.1, -0.05) is 194 Å². The molecule has 1 nitrogen and oxygen atoms in total. The summed E-state index contributed by atoms with van der Waals surface area (Å²) < 4.78 is 2.71. The van der Waals surface area contributed by atoms with Gasteiger partial charge in [-0.05, 0) is 107 Å². The fourth-order valence-corrected chi connectivity index (χ4v) is 16.6. The van der Waals surface area contributed by atoms with E-state index in [9.17, 15) is 0 Å². The van der Waals surface area contributed by atoms with Crippen molar-refractivity contribution in [3.8, 4) is 33.4 Å². The number of benzene rings is 10. The number of rotatable bonds is 7. The smallest absolute Gasteiger partial charge is 0.181 e. The average Bonchev–Trinajstić information content (AvgIpc) is 3.86. The van der Waals surface area contributed by atoms with Crippen LogP contribution >= 0.6 is 11.3 Å². The van der Waals surface area contributed by atoms with E-state index in [1.807, 2.05) is 11.3 Å². The molecule has 0 aliphatic carbocycles. The van der Waals surface area contributed by atoms with Crippen LogP contribution in [0.25, 0.3) is 64.3 Å². The van der Waals surface area contributed by atoms with Crippen molar-refractivity contribution in [2.75, 3.05) is 4.90 Å². The molecule has 11 aromatic rings. The highest BCUT2D eigenvalue weighted by Gasteiger charge is 2.49. The van der Waals surface area contributed by atoms with Crippen LogP contribution in [0.3, 0.4) is 0 Å². The number of thiophene rings is 1. The molecule has 0 amide bonds. The third-order valence-corrected chi connectivity index (χ3v) is 18.8. The fraction of sp³-hybridized carbons (Fsp3) is 0. The normalized spacial score (nSPS) is 12.7. The molecule has 61 heavy (non-hydrogen) atoms. The minimum absolute atomic E-state index is 1.12. The van der Waals surface area contributed by atoms with Crippen LogP contribution in [-0.2, 0) is 0 Å². The van der Waals surface area contributed by atoms with Crippen LogP contribution in [0.1, 0.15) is 0 Å². The van der Waals surface area contributed by atoms with Gasteiger partial charge in [-0.15, -0.1) is 11.3 Å². The summed E-state index contributed by atoms with van der Waals surface area (Å²) >= 11 is 1.94. The third kappa shape index (κ3) is 5.66. The Morgan fingerprint density at radius 1 is 0.344 bits per heavy atom. The molecule has 0 N–H and O–H groups in total. The second-order valence-electron chi connectivity index (χ2n) is 16.0. The second-order valence-corrected chi connectivity index (χ2v) is 20.8. The number of fused-ring (bicyclic) bond motifs is 8. The molecule has 12 rings (SSSR count). The monoisotopic (exact) mass is 809 g/mol. The minimum Gasteiger partial charge on any atom is -0.311 e. The van der Waals surface area contributed by atoms with E-state index in [0.717, 1.165) is 17.1 Å². The first-order chi connectivity index (χ1) is 30.3. The number of anilines is 3. The molecule has 2 heterocycles. The summed E-state index contributed by atoms with van der Waals surface area (Å²) in [5.74, 6) is 0. The number of hydrogen-bond acceptors (Lipinski definition) is 2. The van der Waals surface area contributed by atoms with Gasteiger partial charge in [0.15, 0.2) is 8.07 Å². The van der Waals surface area contributed by atoms with Crippen LogP contribution in [0, 0.1) is 0 Å². The quantitative estimate of drug-likeness (QED) is 0.145. The lowest BCUT2D eigenvalue weighted by Crippen LogP contribution is -2.72. The van der Waals surface area contributed by atoms with Crippen LogP contribution < -0.4 is 25.6 Å². The van der Waals surface area contributed by atoms with Gasteiger partial charge in [0, 0.05) is 37.2 Å². The molecule has 1 aromatic heterocycles. The predicted molar refractivity (Wildman–Crippen MR) is 265 cm³/mol. The lowest BCUT2D eigenvalue weighted by atomic mass is 9.98. The lowest BCUT2D eigenvalue weighted by molar-refractivity contribution is 1.29. The van der Waals surface area contributed by atoms with E-state index in [-0.39, 0.29) is 0 Å². The standard InChI is InChI=1S/C58H39NSSi/c1-4-15-40(16-5-1)41-27-31-44(32-28-41)59(45-33-29-43(30-34-45)50-25-14-18-42-17-10-11-23-49(42)50)46-35-36-53-56(39-46)61(47-19-6-2-7-20-47,48-21-8-3-9-22-48)55-38-37-52-51-24-12-13-26-54(51)60-58(52)57(53)55/h1-39H. The minimum atomic E-state index is -2.82. The Bertz CT molecular complexity index is 3350. The third-order valence-electron chi connectivity index (χ3n) is 12.8. The molecule has 1 aliphatic heterocycles. The maximum Gasteiger partial charge on any atom is 0.181 e. The maximum absolute atomic E-state index is 2.82. The van der Waals surface area contributed by atoms with Crippen molar-refractivity contribution < 1.29 is 0 Å². The van der Waals surface area contributed by atoms with Crippen LogP contribution in [0.2, 0.25) is 0 Å². The highest BCUT2D eigenvalue weighted by atomic mass is 32.1. The maximum atomic E-state index is 2.55. The molecule has 0 atom stereocenters. The zero-order valence-electron chi connectivity index (χ0n) is 33.4. The average molecular weight is 810 g/mol. The van der Waals surface area contributed by atoms with Crippen molar-refractivity contribution in [1.82, 2.24) is 0 Å². The van der Waals surface area contributed by atoms with Gasteiger partial charge < -0.3 is 4.90 Å². The topological polar surface area (TPSA) is 3.24 Å². The SMILES string of the molecule is c1ccc(-c2ccc(N(c3ccc(-c4cccc5ccccc45)cc3)c3ccc4c(c3)[Si](c3ccccc3)(c3ccccc3)c3ccc5c(sc6ccccc65)c3-4)cc2)cc1. The molecular weight excluding hydrogens is 771 g/mol. The second kappa shape index (κ2) is 14.5. The van der Waals surface area contributed by atoms with Crippen molar-refractivity contribution in [2.45, 2.75) is 0 Å². The van der Waals surface area contributed by atoms with E-state index in [1.54, 1.807) is 0 Å². The van der Waals surface area contributed by atoms with Gasteiger partial charge in [0.05, 0.1) is 0 Å². The lowest BCUT2D eigenvalue weighted by Gasteiger charge is -2.33. The van der Waals surface area contributed by atoms with E-state index in [4.69, 9.17) is 0 Å². The fourth-order valence-electron chi connectivity index (χ4n) is 10.0. The molecule has 0 bridgehead atoms. The first kappa shape index (κ1) is 35.6. The molecule has 286 valence electrons. The van der Waals surface area contributed by atoms with Crippen molar-refractivity contribution in [3.63, 3.8) is 0 Å². The molecule has 0 fully saturated rings. The van der Waals surface area contributed by atoms with Gasteiger partial charge >= 0.3 is 0 Å². The molecule has 0 unspecified atom stereocenters. The summed E-state index contributed by atoms with van der Waals surface area (Å²) in [5, 5.41) is 10.9. The first-order valence-corrected chi connectivity index (χ1v) is 23.8. The highest BCUT2D eigenvalue weighted by molar-refractivity contribution is 7.28. The Morgan fingerprint density at radius 2 is 0.902 bits per heavy atom. The summed E-state index contributed by atoms with van der Waals surface area (Å²) in [5.41, 5.74) is 11.0. The predicted octanol–water partition coefficient (Wildman–Crippen LogP) is 13.4. The Labute approximate surface area is 361 Å². The van der Waals surface area contributed by atoms with Crippen LogP contribution in [0.5, 0.6) is 0 Å². The highest BCUT2D eigenvalue weighted by Crippen LogP contribution is 2.44. The summed E-state index contributed by atoms with van der Waals surface area (Å²) in [7, 11) is -2.82. The van der Waals surface area contributed by atoms with Crippen molar-refractivity contribution in [2.24, 2.45) is 0 Å². The molecule has 1 aliphatic rings. The summed E-state index contributed by atoms with van der Waals surface area (Å²) in [4.78, 5) is 2.45. The Kier molecular flexibility index (Phi) is 8.44. The zero-order chi connectivity index (χ0) is 40.3. The van der Waals surface area contributed by atoms with E-state index in [0.29, 0.717) is 0 Å². The molecule has 3 heteroatoms. The number of hydrogen-bond donors (Lipinski definition) is 0. The van der Waals surface area contributed by atoms with Crippen molar-refractivity contribution >= 4 is 88.2 Å². The zero-order valence-corrected chi connectivity index (χ0v) is 35.2. The molecule has 0 saturated carbocycles. The Hall–Kier alpha value is -7.30. The van der Waals surface area contributed by atoms with Crippen molar-refractivity contribution in [3.05, 3.63) is 237 Å². The van der Waals surface area contributed by atoms with Crippen LogP contribution in [0.4, 0.5) is 17.1 Å². The van der Waals surface area contributed by atoms with E-state index in [1.165, 1.54) is 85.1 Å². The molecule has 10 aromatic carbocycles. The molecule has 0 radical (unpaired) electrons. The van der Waals surface area contributed by atoms with Crippen molar-refractivity contribution in [1.29, 1.82) is 0 Å². The van der Waals surface area contributed by atoms with Gasteiger partial charge in [-0.2, -0.15) is 0 Å². The molecule has 0 saturated heterocycles. The summed E-state index contributed by atoms with van der Waals surface area (Å²) in [6, 6.07) is 88.0. The Morgan fingerprint density at radius 3 is 1.61 bits per heavy atom. The summed E-state index contributed by atoms with van der Waals surface area (Å²) in [6.45, 7) is 0. The molecular formula is C58H39NSSi. The number of nitrogens with zero attached hydrogens (tertiary/aromatic N) is 1. The Balaban J connectivity index is 1.10. The van der Waals surface area contributed by atoms with Gasteiger partial charge in [0.1, 0.15) is 0 Å². The van der Waals surface area contributed by atoms with Gasteiger partial charge in [0.25, 0.3) is 0 Å². The largest absolute Gasteiger partial charge is 0.311 e. The summed E-state index contributed by atoms with van der Waals surface area (Å²) in [6.07, 6.45) is 0. The van der Waals surface area contributed by atoms with Gasteiger partial charge in [0.2, 0.25) is 0 Å². The van der Waals surface area contributed by atoms with Gasteiger partial charge in [-0.3, -0.25) is 0 Å². The molecule has 0 spiro atoms. The van der Waals surface area contributed by atoms with Crippen LogP contribution in [0.15, 0.2) is 237 Å². The van der Waals surface area contributed by atoms with E-state index in [2.05, 4.69) is 241 Å². The first-order valence-electron chi connectivity index (χ1n) is 21.0. The van der Waals surface area contributed by atoms with E-state index >= 15 is 0 Å². The van der Waals surface area contributed by atoms with E-state index < -0.39 is 8.07 Å². The van der Waals surface area contributed by atoms with Crippen LogP contribution in [-0.4, -0.2) is 8.07 Å².